The first-order valence-electron chi connectivity index (χ1n) is 6.24. The summed E-state index contributed by atoms with van der Waals surface area (Å²) in [7, 11) is 0. The van der Waals surface area contributed by atoms with E-state index in [0.717, 1.165) is 19.1 Å². The van der Waals surface area contributed by atoms with Crippen LogP contribution in [0.4, 0.5) is 0 Å². The van der Waals surface area contributed by atoms with Crippen LogP contribution in [0, 0.1) is 5.41 Å². The number of carbonyl (C=O) groups excluding carboxylic acids is 1. The fourth-order valence-electron chi connectivity index (χ4n) is 3.14. The lowest BCUT2D eigenvalue weighted by Crippen LogP contribution is -2.59. The Balaban J connectivity index is 1.54. The van der Waals surface area contributed by atoms with Crippen LogP contribution in [0.2, 0.25) is 0 Å². The molecule has 2 saturated heterocycles. The normalized spacial score (nSPS) is 29.5. The van der Waals surface area contributed by atoms with Gasteiger partial charge in [-0.25, -0.2) is 0 Å². The van der Waals surface area contributed by atoms with Gasteiger partial charge in [0.2, 0.25) is 5.91 Å². The third-order valence-corrected chi connectivity index (χ3v) is 4.24. The highest BCUT2D eigenvalue weighted by atomic mass is 16.2. The number of amides is 1. The SMILES string of the molecule is CCC(=O)N1CC2(CCN(C3CC3)C2)C1. The molecule has 0 radical (unpaired) electrons. The molecule has 1 saturated carbocycles. The Morgan fingerprint density at radius 3 is 2.67 bits per heavy atom. The molecular formula is C12H20N2O. The van der Waals surface area contributed by atoms with Crippen molar-refractivity contribution in [2.24, 2.45) is 5.41 Å². The molecule has 1 aliphatic carbocycles. The topological polar surface area (TPSA) is 23.6 Å². The van der Waals surface area contributed by atoms with Gasteiger partial charge >= 0.3 is 0 Å². The predicted molar refractivity (Wildman–Crippen MR) is 58.5 cm³/mol. The van der Waals surface area contributed by atoms with Gasteiger partial charge in [0, 0.05) is 37.5 Å². The van der Waals surface area contributed by atoms with E-state index in [1.54, 1.807) is 0 Å². The highest BCUT2D eigenvalue weighted by Crippen LogP contribution is 2.43. The second-order valence-corrected chi connectivity index (χ2v) is 5.56. The Labute approximate surface area is 91.4 Å². The molecular weight excluding hydrogens is 188 g/mol. The molecule has 3 aliphatic rings. The second-order valence-electron chi connectivity index (χ2n) is 5.56. The molecule has 2 heterocycles. The molecule has 0 aromatic heterocycles. The third-order valence-electron chi connectivity index (χ3n) is 4.24. The van der Waals surface area contributed by atoms with Crippen molar-refractivity contribution in [3.05, 3.63) is 0 Å². The lowest BCUT2D eigenvalue weighted by atomic mass is 9.79. The van der Waals surface area contributed by atoms with Crippen LogP contribution in [-0.2, 0) is 4.79 Å². The first-order valence-corrected chi connectivity index (χ1v) is 6.24. The van der Waals surface area contributed by atoms with E-state index in [1.165, 1.54) is 32.4 Å². The molecule has 15 heavy (non-hydrogen) atoms. The summed E-state index contributed by atoms with van der Waals surface area (Å²) in [4.78, 5) is 16.2. The maximum absolute atomic E-state index is 11.5. The van der Waals surface area contributed by atoms with Crippen LogP contribution in [0.3, 0.4) is 0 Å². The van der Waals surface area contributed by atoms with Crippen LogP contribution in [0.25, 0.3) is 0 Å². The van der Waals surface area contributed by atoms with E-state index in [2.05, 4.69) is 4.90 Å². The van der Waals surface area contributed by atoms with Gasteiger partial charge in [0.05, 0.1) is 0 Å². The second kappa shape index (κ2) is 3.21. The molecule has 3 fully saturated rings. The van der Waals surface area contributed by atoms with Crippen LogP contribution < -0.4 is 0 Å². The number of nitrogens with zero attached hydrogens (tertiary/aromatic N) is 2. The van der Waals surface area contributed by atoms with Crippen LogP contribution in [-0.4, -0.2) is 47.9 Å². The molecule has 1 amide bonds. The minimum Gasteiger partial charge on any atom is -0.341 e. The molecule has 84 valence electrons. The van der Waals surface area contributed by atoms with Gasteiger partial charge in [-0.2, -0.15) is 0 Å². The van der Waals surface area contributed by atoms with Gasteiger partial charge in [0.15, 0.2) is 0 Å². The van der Waals surface area contributed by atoms with Crippen molar-refractivity contribution in [1.82, 2.24) is 9.80 Å². The number of rotatable bonds is 2. The minimum atomic E-state index is 0.338. The Bertz CT molecular complexity index is 279. The van der Waals surface area contributed by atoms with E-state index in [0.29, 0.717) is 17.7 Å². The minimum absolute atomic E-state index is 0.338. The van der Waals surface area contributed by atoms with Gasteiger partial charge in [-0.3, -0.25) is 9.69 Å². The number of carbonyl (C=O) groups is 1. The molecule has 3 nitrogen and oxygen atoms in total. The summed E-state index contributed by atoms with van der Waals surface area (Å²) in [6.07, 6.45) is 4.81. The fraction of sp³-hybridized carbons (Fsp3) is 0.917. The summed E-state index contributed by atoms with van der Waals surface area (Å²) in [6, 6.07) is 0.903. The van der Waals surface area contributed by atoms with E-state index in [9.17, 15) is 4.79 Å². The van der Waals surface area contributed by atoms with Crippen molar-refractivity contribution in [2.45, 2.75) is 38.6 Å². The molecule has 0 N–H and O–H groups in total. The zero-order chi connectivity index (χ0) is 10.5. The summed E-state index contributed by atoms with van der Waals surface area (Å²) in [5, 5.41) is 0. The molecule has 0 aromatic rings. The number of likely N-dealkylation sites (tertiary alicyclic amines) is 2. The lowest BCUT2D eigenvalue weighted by molar-refractivity contribution is -0.142. The van der Waals surface area contributed by atoms with Crippen molar-refractivity contribution in [2.75, 3.05) is 26.2 Å². The Morgan fingerprint density at radius 1 is 1.33 bits per heavy atom. The van der Waals surface area contributed by atoms with E-state index in [-0.39, 0.29) is 0 Å². The maximum Gasteiger partial charge on any atom is 0.222 e. The average molecular weight is 208 g/mol. The highest BCUT2D eigenvalue weighted by molar-refractivity contribution is 5.76. The van der Waals surface area contributed by atoms with E-state index in [1.807, 2.05) is 11.8 Å². The quantitative estimate of drug-likeness (QED) is 0.678. The third kappa shape index (κ3) is 1.57. The van der Waals surface area contributed by atoms with Crippen LogP contribution in [0.15, 0.2) is 0 Å². The first kappa shape index (κ1) is 9.64. The van der Waals surface area contributed by atoms with Crippen molar-refractivity contribution in [3.8, 4) is 0 Å². The van der Waals surface area contributed by atoms with Crippen molar-refractivity contribution in [1.29, 1.82) is 0 Å². The molecule has 1 spiro atoms. The van der Waals surface area contributed by atoms with Gasteiger partial charge in [-0.15, -0.1) is 0 Å². The molecule has 3 rings (SSSR count). The first-order chi connectivity index (χ1) is 7.22. The van der Waals surface area contributed by atoms with Crippen LogP contribution in [0.1, 0.15) is 32.6 Å². The average Bonchev–Trinajstić information content (AvgIpc) is 2.94. The zero-order valence-electron chi connectivity index (χ0n) is 9.54. The fourth-order valence-corrected chi connectivity index (χ4v) is 3.14. The number of hydrogen-bond acceptors (Lipinski definition) is 2. The molecule has 2 aliphatic heterocycles. The Hall–Kier alpha value is -0.570. The molecule has 3 heteroatoms. The Morgan fingerprint density at radius 2 is 2.07 bits per heavy atom. The summed E-state index contributed by atoms with van der Waals surface area (Å²) in [5.74, 6) is 0.338. The molecule has 0 aromatic carbocycles. The predicted octanol–water partition coefficient (Wildman–Crippen LogP) is 1.09. The van der Waals surface area contributed by atoms with E-state index < -0.39 is 0 Å². The number of hydrogen-bond donors (Lipinski definition) is 0. The largest absolute Gasteiger partial charge is 0.341 e. The van der Waals surface area contributed by atoms with Crippen molar-refractivity contribution < 1.29 is 4.79 Å². The van der Waals surface area contributed by atoms with Gasteiger partial charge in [-0.1, -0.05) is 6.92 Å². The van der Waals surface area contributed by atoms with Crippen LogP contribution in [0.5, 0.6) is 0 Å². The molecule has 0 unspecified atom stereocenters. The summed E-state index contributed by atoms with van der Waals surface area (Å²) < 4.78 is 0. The van der Waals surface area contributed by atoms with Gasteiger partial charge in [0.25, 0.3) is 0 Å². The highest BCUT2D eigenvalue weighted by Gasteiger charge is 2.50. The summed E-state index contributed by atoms with van der Waals surface area (Å²) in [6.45, 7) is 6.55. The van der Waals surface area contributed by atoms with Gasteiger partial charge in [0.1, 0.15) is 0 Å². The summed E-state index contributed by atoms with van der Waals surface area (Å²) in [5.41, 5.74) is 0.493. The van der Waals surface area contributed by atoms with Gasteiger partial charge < -0.3 is 4.90 Å². The molecule has 0 bridgehead atoms. The smallest absolute Gasteiger partial charge is 0.222 e. The zero-order valence-corrected chi connectivity index (χ0v) is 9.54. The van der Waals surface area contributed by atoms with E-state index in [4.69, 9.17) is 0 Å². The standard InChI is InChI=1S/C12H20N2O/c1-2-11(15)14-8-12(9-14)5-6-13(7-12)10-3-4-10/h10H,2-9H2,1H3. The lowest BCUT2D eigenvalue weighted by Gasteiger charge is -2.48. The Kier molecular flexibility index (Phi) is 2.06. The summed E-state index contributed by atoms with van der Waals surface area (Å²) >= 11 is 0. The van der Waals surface area contributed by atoms with Crippen LogP contribution >= 0.6 is 0 Å². The van der Waals surface area contributed by atoms with E-state index >= 15 is 0 Å². The molecule has 0 atom stereocenters. The monoisotopic (exact) mass is 208 g/mol. The van der Waals surface area contributed by atoms with Crippen molar-refractivity contribution in [3.63, 3.8) is 0 Å². The maximum atomic E-state index is 11.5. The van der Waals surface area contributed by atoms with Gasteiger partial charge in [-0.05, 0) is 25.8 Å². The van der Waals surface area contributed by atoms with Crippen molar-refractivity contribution >= 4 is 5.91 Å².